The summed E-state index contributed by atoms with van der Waals surface area (Å²) in [5.74, 6) is -2.29. The van der Waals surface area contributed by atoms with Crippen LogP contribution in [-0.4, -0.2) is 37.9 Å². The lowest BCUT2D eigenvalue weighted by molar-refractivity contribution is 0.289. The summed E-state index contributed by atoms with van der Waals surface area (Å²) >= 11 is 8.27. The highest BCUT2D eigenvalue weighted by molar-refractivity contribution is 14.1. The molecule has 31 heavy (non-hydrogen) atoms. The lowest BCUT2D eigenvalue weighted by Gasteiger charge is -2.32. The van der Waals surface area contributed by atoms with E-state index in [0.29, 0.717) is 48.7 Å². The third-order valence-corrected chi connectivity index (χ3v) is 7.87. The summed E-state index contributed by atoms with van der Waals surface area (Å²) in [6.07, 6.45) is 3.77. The maximum absolute atomic E-state index is 14.6. The van der Waals surface area contributed by atoms with Crippen molar-refractivity contribution in [1.82, 2.24) is 9.62 Å². The highest BCUT2D eigenvalue weighted by atomic mass is 127. The van der Waals surface area contributed by atoms with E-state index in [4.69, 9.17) is 11.6 Å². The van der Waals surface area contributed by atoms with Crippen molar-refractivity contribution < 1.29 is 17.2 Å². The molecule has 0 radical (unpaired) electrons. The van der Waals surface area contributed by atoms with Gasteiger partial charge in [-0.25, -0.2) is 8.78 Å². The number of piperidine rings is 1. The molecule has 2 aromatic carbocycles. The first-order valence-electron chi connectivity index (χ1n) is 9.97. The van der Waals surface area contributed by atoms with Crippen LogP contribution < -0.4 is 15.4 Å². The van der Waals surface area contributed by atoms with Crippen molar-refractivity contribution >= 4 is 61.5 Å². The first kappa shape index (κ1) is 23.0. The summed E-state index contributed by atoms with van der Waals surface area (Å²) < 4.78 is 59.0. The van der Waals surface area contributed by atoms with Gasteiger partial charge in [0.25, 0.3) is 0 Å². The van der Waals surface area contributed by atoms with E-state index in [2.05, 4.69) is 37.9 Å². The van der Waals surface area contributed by atoms with E-state index < -0.39 is 21.8 Å². The fourth-order valence-electron chi connectivity index (χ4n) is 3.53. The molecule has 168 valence electrons. The molecule has 1 aliphatic carbocycles. The Labute approximate surface area is 199 Å². The average Bonchev–Trinajstić information content (AvgIpc) is 3.53. The highest BCUT2D eigenvalue weighted by Gasteiger charge is 2.32. The molecule has 3 N–H and O–H groups in total. The van der Waals surface area contributed by atoms with Gasteiger partial charge in [-0.1, -0.05) is 11.6 Å². The molecular weight excluding hydrogens is 561 g/mol. The third-order valence-electron chi connectivity index (χ3n) is 5.37. The molecule has 6 nitrogen and oxygen atoms in total. The van der Waals surface area contributed by atoms with E-state index in [1.54, 1.807) is 18.2 Å². The highest BCUT2D eigenvalue weighted by Crippen LogP contribution is 2.35. The molecule has 2 aromatic rings. The SMILES string of the molecule is O=S(=O)(Nc1ccc(F)c(F)c1Nc1ccc(I)cc1Cl)N1CCC(NC2CC2)CC1. The van der Waals surface area contributed by atoms with E-state index >= 15 is 0 Å². The molecule has 1 saturated heterocycles. The van der Waals surface area contributed by atoms with Gasteiger partial charge in [-0.15, -0.1) is 0 Å². The summed E-state index contributed by atoms with van der Waals surface area (Å²) in [5.41, 5.74) is -0.0808. The van der Waals surface area contributed by atoms with Crippen molar-refractivity contribution in [2.45, 2.75) is 37.8 Å². The van der Waals surface area contributed by atoms with Gasteiger partial charge in [0.15, 0.2) is 11.6 Å². The van der Waals surface area contributed by atoms with E-state index in [9.17, 15) is 17.2 Å². The zero-order valence-electron chi connectivity index (χ0n) is 16.5. The Morgan fingerprint density at radius 2 is 1.65 bits per heavy atom. The van der Waals surface area contributed by atoms with E-state index in [-0.39, 0.29) is 11.4 Å². The van der Waals surface area contributed by atoms with Gasteiger partial charge in [0.1, 0.15) is 5.69 Å². The molecule has 1 heterocycles. The van der Waals surface area contributed by atoms with Crippen LogP contribution in [0.5, 0.6) is 0 Å². The minimum absolute atomic E-state index is 0.0910. The van der Waals surface area contributed by atoms with Crippen molar-refractivity contribution in [2.75, 3.05) is 23.1 Å². The minimum Gasteiger partial charge on any atom is -0.350 e. The summed E-state index contributed by atoms with van der Waals surface area (Å²) in [6, 6.07) is 7.98. The van der Waals surface area contributed by atoms with Gasteiger partial charge in [-0.3, -0.25) is 4.72 Å². The summed E-state index contributed by atoms with van der Waals surface area (Å²) in [7, 11) is -3.94. The normalized spacial score (nSPS) is 18.2. The molecule has 0 bridgehead atoms. The summed E-state index contributed by atoms with van der Waals surface area (Å²) in [4.78, 5) is 0. The van der Waals surface area contributed by atoms with Gasteiger partial charge in [0, 0.05) is 28.7 Å². The molecule has 11 heteroatoms. The molecular formula is C20H22ClF2IN4O2S. The molecule has 0 amide bonds. The van der Waals surface area contributed by atoms with Crippen LogP contribution in [0, 0.1) is 15.2 Å². The number of nitrogens with zero attached hydrogens (tertiary/aromatic N) is 1. The molecule has 2 aliphatic rings. The van der Waals surface area contributed by atoms with Crippen LogP contribution in [0.15, 0.2) is 30.3 Å². The molecule has 0 spiro atoms. The predicted octanol–water partition coefficient (Wildman–Crippen LogP) is 4.84. The van der Waals surface area contributed by atoms with Gasteiger partial charge in [-0.05, 0) is 78.6 Å². The maximum atomic E-state index is 14.6. The lowest BCUT2D eigenvalue weighted by Crippen LogP contribution is -2.47. The molecule has 0 unspecified atom stereocenters. The predicted molar refractivity (Wildman–Crippen MR) is 127 cm³/mol. The molecule has 1 saturated carbocycles. The first-order valence-corrected chi connectivity index (χ1v) is 12.9. The van der Waals surface area contributed by atoms with E-state index in [0.717, 1.165) is 9.64 Å². The average molecular weight is 583 g/mol. The Balaban J connectivity index is 1.52. The number of rotatable bonds is 7. The number of halogens is 4. The fraction of sp³-hybridized carbons (Fsp3) is 0.400. The van der Waals surface area contributed by atoms with Gasteiger partial charge >= 0.3 is 10.2 Å². The Morgan fingerprint density at radius 1 is 1.00 bits per heavy atom. The van der Waals surface area contributed by atoms with Gasteiger partial charge in [0.05, 0.1) is 16.4 Å². The van der Waals surface area contributed by atoms with Crippen LogP contribution in [0.25, 0.3) is 0 Å². The minimum atomic E-state index is -3.94. The second kappa shape index (κ2) is 9.34. The smallest absolute Gasteiger partial charge is 0.301 e. The topological polar surface area (TPSA) is 73.5 Å². The van der Waals surface area contributed by atoms with Crippen LogP contribution in [0.1, 0.15) is 25.7 Å². The Bertz CT molecular complexity index is 1080. The van der Waals surface area contributed by atoms with Gasteiger partial charge in [0.2, 0.25) is 0 Å². The zero-order valence-corrected chi connectivity index (χ0v) is 20.2. The Kier molecular flexibility index (Phi) is 6.92. The van der Waals surface area contributed by atoms with Gasteiger partial charge < -0.3 is 10.6 Å². The lowest BCUT2D eigenvalue weighted by atomic mass is 10.1. The first-order chi connectivity index (χ1) is 14.7. The Hall–Kier alpha value is -1.21. The van der Waals surface area contributed by atoms with Crippen molar-refractivity contribution in [3.8, 4) is 0 Å². The largest absolute Gasteiger partial charge is 0.350 e. The van der Waals surface area contributed by atoms with Crippen molar-refractivity contribution in [3.05, 3.63) is 50.6 Å². The number of anilines is 3. The van der Waals surface area contributed by atoms with E-state index in [1.165, 1.54) is 23.2 Å². The van der Waals surface area contributed by atoms with Crippen molar-refractivity contribution in [3.63, 3.8) is 0 Å². The number of hydrogen-bond acceptors (Lipinski definition) is 4. The maximum Gasteiger partial charge on any atom is 0.301 e. The van der Waals surface area contributed by atoms with Crippen LogP contribution in [0.3, 0.4) is 0 Å². The van der Waals surface area contributed by atoms with Crippen LogP contribution in [0.4, 0.5) is 25.8 Å². The number of benzene rings is 2. The molecule has 1 aliphatic heterocycles. The summed E-state index contributed by atoms with van der Waals surface area (Å²) in [5, 5.41) is 6.55. The molecule has 4 rings (SSSR count). The third kappa shape index (κ3) is 5.59. The van der Waals surface area contributed by atoms with Crippen LogP contribution >= 0.6 is 34.2 Å². The quantitative estimate of drug-likeness (QED) is 0.409. The van der Waals surface area contributed by atoms with Gasteiger partial charge in [-0.2, -0.15) is 12.7 Å². The molecule has 0 atom stereocenters. The number of nitrogens with one attached hydrogen (secondary N) is 3. The fourth-order valence-corrected chi connectivity index (χ4v) is 5.70. The second-order valence-electron chi connectivity index (χ2n) is 7.75. The van der Waals surface area contributed by atoms with Crippen molar-refractivity contribution in [1.29, 1.82) is 0 Å². The summed E-state index contributed by atoms with van der Waals surface area (Å²) in [6.45, 7) is 0.713. The van der Waals surface area contributed by atoms with Crippen molar-refractivity contribution in [2.24, 2.45) is 0 Å². The van der Waals surface area contributed by atoms with Crippen LogP contribution in [-0.2, 0) is 10.2 Å². The molecule has 2 fully saturated rings. The number of hydrogen-bond donors (Lipinski definition) is 3. The second-order valence-corrected chi connectivity index (χ2v) is 11.1. The Morgan fingerprint density at radius 3 is 2.29 bits per heavy atom. The van der Waals surface area contributed by atoms with Crippen LogP contribution in [0.2, 0.25) is 5.02 Å². The standard InChI is InChI=1S/C20H22ClF2IN4O2S/c21-15-11-12(24)1-5-17(15)26-20-18(6-4-16(22)19(20)23)27-31(29,30)28-9-7-14(8-10-28)25-13-2-3-13/h1,4-6,11,13-14,25-27H,2-3,7-10H2. The zero-order chi connectivity index (χ0) is 22.2. The molecule has 0 aromatic heterocycles. The van der Waals surface area contributed by atoms with E-state index in [1.807, 2.05) is 0 Å². The monoisotopic (exact) mass is 582 g/mol.